The van der Waals surface area contributed by atoms with Crippen LogP contribution in [-0.4, -0.2) is 27.2 Å². The van der Waals surface area contributed by atoms with Crippen LogP contribution in [0.15, 0.2) is 12.4 Å². The highest BCUT2D eigenvalue weighted by Gasteiger charge is 2.19. The lowest BCUT2D eigenvalue weighted by molar-refractivity contribution is 0.126. The highest BCUT2D eigenvalue weighted by molar-refractivity contribution is 5.39. The van der Waals surface area contributed by atoms with Crippen molar-refractivity contribution in [1.29, 1.82) is 0 Å². The number of nitrogens with zero attached hydrogens (tertiary/aromatic N) is 2. The molecule has 82 valence electrons. The highest BCUT2D eigenvalue weighted by Crippen LogP contribution is 2.21. The molecule has 0 aromatic carbocycles. The second kappa shape index (κ2) is 4.44. The molecule has 0 spiro atoms. The van der Waals surface area contributed by atoms with Crippen molar-refractivity contribution in [2.24, 2.45) is 0 Å². The topological polar surface area (TPSA) is 84.1 Å². The number of hydrogen-bond acceptors (Lipinski definition) is 5. The summed E-state index contributed by atoms with van der Waals surface area (Å²) in [5.74, 6) is 1.15. The number of aliphatic hydroxyl groups excluding tert-OH is 1. The quantitative estimate of drug-likeness (QED) is 0.668. The molecule has 0 unspecified atom stereocenters. The lowest BCUT2D eigenvalue weighted by atomic mass is 9.93. The lowest BCUT2D eigenvalue weighted by Gasteiger charge is -2.26. The minimum absolute atomic E-state index is 0.130. The standard InChI is InChI=1S/C10H16N4O/c11-9-5-12-6-10(14-9)13-7-1-3-8(15)4-2-7/h5-8,15H,1-4H2,(H3,11,13,14). The number of nitrogens with one attached hydrogen (secondary N) is 1. The van der Waals surface area contributed by atoms with Crippen molar-refractivity contribution in [3.63, 3.8) is 0 Å². The molecule has 0 bridgehead atoms. The number of aliphatic hydroxyl groups is 1. The van der Waals surface area contributed by atoms with E-state index in [4.69, 9.17) is 5.73 Å². The van der Waals surface area contributed by atoms with Crippen LogP contribution in [0.5, 0.6) is 0 Å². The highest BCUT2D eigenvalue weighted by atomic mass is 16.3. The van der Waals surface area contributed by atoms with Gasteiger partial charge in [0.25, 0.3) is 0 Å². The Labute approximate surface area is 88.7 Å². The molecule has 5 nitrogen and oxygen atoms in total. The first-order valence-electron chi connectivity index (χ1n) is 5.26. The average molecular weight is 208 g/mol. The summed E-state index contributed by atoms with van der Waals surface area (Å²) >= 11 is 0. The Hall–Kier alpha value is -1.36. The molecule has 1 aliphatic carbocycles. The van der Waals surface area contributed by atoms with Gasteiger partial charge in [-0.2, -0.15) is 0 Å². The molecule has 1 aliphatic rings. The zero-order valence-electron chi connectivity index (χ0n) is 8.56. The molecule has 1 aromatic rings. The Bertz CT molecular complexity index is 323. The van der Waals surface area contributed by atoms with Gasteiger partial charge in [-0.05, 0) is 25.7 Å². The first-order chi connectivity index (χ1) is 7.24. The van der Waals surface area contributed by atoms with Crippen LogP contribution < -0.4 is 11.1 Å². The van der Waals surface area contributed by atoms with Crippen LogP contribution in [0.25, 0.3) is 0 Å². The third-order valence-corrected chi connectivity index (χ3v) is 2.70. The van der Waals surface area contributed by atoms with Crippen molar-refractivity contribution in [3.05, 3.63) is 12.4 Å². The van der Waals surface area contributed by atoms with Gasteiger partial charge >= 0.3 is 0 Å². The summed E-state index contributed by atoms with van der Waals surface area (Å²) in [5, 5.41) is 12.6. The van der Waals surface area contributed by atoms with Gasteiger partial charge in [-0.15, -0.1) is 0 Å². The molecule has 0 amide bonds. The number of nitrogen functional groups attached to an aromatic ring is 1. The van der Waals surface area contributed by atoms with Crippen LogP contribution >= 0.6 is 0 Å². The van der Waals surface area contributed by atoms with Crippen LogP contribution in [-0.2, 0) is 0 Å². The molecule has 0 atom stereocenters. The smallest absolute Gasteiger partial charge is 0.147 e. The van der Waals surface area contributed by atoms with Crippen molar-refractivity contribution in [3.8, 4) is 0 Å². The Morgan fingerprint density at radius 1 is 1.27 bits per heavy atom. The first kappa shape index (κ1) is 10.2. The fourth-order valence-electron chi connectivity index (χ4n) is 1.88. The molecule has 0 saturated heterocycles. The summed E-state index contributed by atoms with van der Waals surface area (Å²) in [4.78, 5) is 8.09. The van der Waals surface area contributed by atoms with E-state index < -0.39 is 0 Å². The van der Waals surface area contributed by atoms with Gasteiger partial charge in [0.05, 0.1) is 18.5 Å². The largest absolute Gasteiger partial charge is 0.393 e. The van der Waals surface area contributed by atoms with Crippen LogP contribution in [0.1, 0.15) is 25.7 Å². The predicted molar refractivity (Wildman–Crippen MR) is 58.3 cm³/mol. The maximum absolute atomic E-state index is 9.36. The van der Waals surface area contributed by atoms with E-state index in [1.165, 1.54) is 6.20 Å². The normalized spacial score (nSPS) is 26.2. The fraction of sp³-hybridized carbons (Fsp3) is 0.600. The number of hydrogen-bond donors (Lipinski definition) is 3. The number of aromatic nitrogens is 2. The van der Waals surface area contributed by atoms with Gasteiger partial charge < -0.3 is 16.2 Å². The molecular formula is C10H16N4O. The Morgan fingerprint density at radius 3 is 2.67 bits per heavy atom. The summed E-state index contributed by atoms with van der Waals surface area (Å²) in [6, 6.07) is 0.379. The summed E-state index contributed by atoms with van der Waals surface area (Å²) in [6.07, 6.45) is 6.71. The lowest BCUT2D eigenvalue weighted by Crippen LogP contribution is -2.28. The molecule has 1 fully saturated rings. The van der Waals surface area contributed by atoms with Crippen molar-refractivity contribution >= 4 is 11.6 Å². The van der Waals surface area contributed by atoms with E-state index in [-0.39, 0.29) is 6.10 Å². The Morgan fingerprint density at radius 2 is 2.00 bits per heavy atom. The molecule has 5 heteroatoms. The fourth-order valence-corrected chi connectivity index (χ4v) is 1.88. The van der Waals surface area contributed by atoms with Crippen molar-refractivity contribution in [2.75, 3.05) is 11.1 Å². The van der Waals surface area contributed by atoms with Gasteiger partial charge in [0.15, 0.2) is 0 Å². The van der Waals surface area contributed by atoms with Crippen LogP contribution in [0.4, 0.5) is 11.6 Å². The van der Waals surface area contributed by atoms with Gasteiger partial charge in [-0.25, -0.2) is 4.98 Å². The van der Waals surface area contributed by atoms with Crippen LogP contribution in [0.3, 0.4) is 0 Å². The summed E-state index contributed by atoms with van der Waals surface area (Å²) in [6.45, 7) is 0. The maximum Gasteiger partial charge on any atom is 0.147 e. The van der Waals surface area contributed by atoms with E-state index in [9.17, 15) is 5.11 Å². The minimum atomic E-state index is -0.130. The molecule has 2 rings (SSSR count). The van der Waals surface area contributed by atoms with Gasteiger partial charge in [-0.1, -0.05) is 0 Å². The number of anilines is 2. The Balaban J connectivity index is 1.92. The van der Waals surface area contributed by atoms with Gasteiger partial charge in [-0.3, -0.25) is 4.98 Å². The number of rotatable bonds is 2. The molecule has 1 saturated carbocycles. The predicted octanol–water partition coefficient (Wildman–Crippen LogP) is 0.774. The third kappa shape index (κ3) is 2.79. The van der Waals surface area contributed by atoms with Crippen molar-refractivity contribution < 1.29 is 5.11 Å². The summed E-state index contributed by atoms with van der Waals surface area (Å²) in [7, 11) is 0. The van der Waals surface area contributed by atoms with Gasteiger partial charge in [0, 0.05) is 6.04 Å². The van der Waals surface area contributed by atoms with E-state index in [1.54, 1.807) is 6.20 Å². The Kier molecular flexibility index (Phi) is 3.01. The average Bonchev–Trinajstić information content (AvgIpc) is 2.22. The van der Waals surface area contributed by atoms with Crippen LogP contribution in [0.2, 0.25) is 0 Å². The summed E-state index contributed by atoms with van der Waals surface area (Å²) < 4.78 is 0. The van der Waals surface area contributed by atoms with E-state index in [0.717, 1.165) is 31.5 Å². The van der Waals surface area contributed by atoms with E-state index >= 15 is 0 Å². The zero-order valence-corrected chi connectivity index (χ0v) is 8.56. The minimum Gasteiger partial charge on any atom is -0.393 e. The molecule has 1 heterocycles. The molecule has 0 aliphatic heterocycles. The summed E-state index contributed by atoms with van der Waals surface area (Å²) in [5.41, 5.74) is 5.53. The van der Waals surface area contributed by atoms with E-state index in [2.05, 4.69) is 15.3 Å². The maximum atomic E-state index is 9.36. The van der Waals surface area contributed by atoms with Gasteiger partial charge in [0.1, 0.15) is 11.6 Å². The van der Waals surface area contributed by atoms with E-state index in [0.29, 0.717) is 11.9 Å². The number of nitrogens with two attached hydrogens (primary N) is 1. The first-order valence-corrected chi connectivity index (χ1v) is 5.26. The zero-order chi connectivity index (χ0) is 10.7. The third-order valence-electron chi connectivity index (χ3n) is 2.70. The van der Waals surface area contributed by atoms with Crippen LogP contribution in [0, 0.1) is 0 Å². The monoisotopic (exact) mass is 208 g/mol. The van der Waals surface area contributed by atoms with Gasteiger partial charge in [0.2, 0.25) is 0 Å². The molecule has 15 heavy (non-hydrogen) atoms. The second-order valence-electron chi connectivity index (χ2n) is 3.98. The van der Waals surface area contributed by atoms with E-state index in [1.807, 2.05) is 0 Å². The SMILES string of the molecule is Nc1cncc(NC2CCC(O)CC2)n1. The molecular weight excluding hydrogens is 192 g/mol. The van der Waals surface area contributed by atoms with Crippen molar-refractivity contribution in [2.45, 2.75) is 37.8 Å². The molecule has 1 aromatic heterocycles. The molecule has 4 N–H and O–H groups in total. The molecule has 0 radical (unpaired) electrons. The second-order valence-corrected chi connectivity index (χ2v) is 3.98. The van der Waals surface area contributed by atoms with Crippen molar-refractivity contribution in [1.82, 2.24) is 9.97 Å².